The molecule has 0 aromatic heterocycles. The first-order valence-corrected chi connectivity index (χ1v) is 5.17. The van der Waals surface area contributed by atoms with Crippen molar-refractivity contribution in [3.8, 4) is 0 Å². The maximum Gasteiger partial charge on any atom is -0.0185 e. The molecule has 0 N–H and O–H groups in total. The third kappa shape index (κ3) is 2.88. The first kappa shape index (κ1) is 10.8. The minimum atomic E-state index is 1.09. The Kier molecular flexibility index (Phi) is 4.18. The summed E-state index contributed by atoms with van der Waals surface area (Å²) in [7, 11) is 0. The molecule has 74 valence electrons. The van der Waals surface area contributed by atoms with Crippen LogP contribution in [-0.2, 0) is 0 Å². The van der Waals surface area contributed by atoms with Crippen LogP contribution in [0.1, 0.15) is 31.4 Å². The van der Waals surface area contributed by atoms with Crippen molar-refractivity contribution in [3.63, 3.8) is 0 Å². The van der Waals surface area contributed by atoms with Gasteiger partial charge in [-0.15, -0.1) is 0 Å². The summed E-state index contributed by atoms with van der Waals surface area (Å²) in [6.45, 7) is 6.36. The zero-order valence-electron chi connectivity index (χ0n) is 9.25. The second-order valence-electron chi connectivity index (χ2n) is 3.42. The Balaban J connectivity index is 2.96. The molecule has 0 heterocycles. The minimum absolute atomic E-state index is 1.09. The van der Waals surface area contributed by atoms with Crippen molar-refractivity contribution in [2.45, 2.75) is 27.2 Å². The lowest BCUT2D eigenvalue weighted by atomic mass is 10.0. The molecule has 1 aromatic rings. The Morgan fingerprint density at radius 1 is 1.36 bits per heavy atom. The Hall–Kier alpha value is -1.30. The summed E-state index contributed by atoms with van der Waals surface area (Å²) in [4.78, 5) is 0. The van der Waals surface area contributed by atoms with E-state index in [9.17, 15) is 0 Å². The molecule has 0 aliphatic heterocycles. The van der Waals surface area contributed by atoms with Crippen molar-refractivity contribution in [2.75, 3.05) is 0 Å². The lowest BCUT2D eigenvalue weighted by Crippen LogP contribution is -1.81. The van der Waals surface area contributed by atoms with E-state index in [1.807, 2.05) is 0 Å². The normalized spacial score (nSPS) is 12.4. The second-order valence-corrected chi connectivity index (χ2v) is 3.42. The summed E-state index contributed by atoms with van der Waals surface area (Å²) in [5.41, 5.74) is 3.92. The van der Waals surface area contributed by atoms with E-state index in [1.54, 1.807) is 0 Å². The van der Waals surface area contributed by atoms with Crippen LogP contribution in [0.15, 0.2) is 42.5 Å². The van der Waals surface area contributed by atoms with Crippen LogP contribution in [-0.4, -0.2) is 0 Å². The molecular weight excluding hydrogens is 168 g/mol. The lowest BCUT2D eigenvalue weighted by molar-refractivity contribution is 1.22. The first-order chi connectivity index (χ1) is 6.77. The van der Waals surface area contributed by atoms with E-state index in [2.05, 4.69) is 63.3 Å². The van der Waals surface area contributed by atoms with Gasteiger partial charge in [-0.05, 0) is 31.4 Å². The van der Waals surface area contributed by atoms with Crippen molar-refractivity contribution in [3.05, 3.63) is 53.6 Å². The van der Waals surface area contributed by atoms with Crippen LogP contribution < -0.4 is 0 Å². The molecule has 1 aromatic carbocycles. The standard InChI is InChI=1S/C14H18/c1-4-6-9-13(5-2)14-10-7-8-12(3)11-14/h5-11H,4H2,1-3H3/b9-6-,13-5+. The molecule has 0 amide bonds. The Bertz CT molecular complexity index is 343. The van der Waals surface area contributed by atoms with Crippen molar-refractivity contribution in [1.29, 1.82) is 0 Å². The van der Waals surface area contributed by atoms with Crippen LogP contribution in [0.25, 0.3) is 5.57 Å². The van der Waals surface area contributed by atoms with E-state index >= 15 is 0 Å². The summed E-state index contributed by atoms with van der Waals surface area (Å²) in [5, 5.41) is 0. The van der Waals surface area contributed by atoms with Gasteiger partial charge in [0, 0.05) is 0 Å². The number of allylic oxidation sites excluding steroid dienone is 4. The summed E-state index contributed by atoms with van der Waals surface area (Å²) >= 11 is 0. The van der Waals surface area contributed by atoms with E-state index in [-0.39, 0.29) is 0 Å². The second kappa shape index (κ2) is 5.43. The number of aryl methyl sites for hydroxylation is 1. The average Bonchev–Trinajstić information content (AvgIpc) is 2.19. The monoisotopic (exact) mass is 186 g/mol. The Morgan fingerprint density at radius 2 is 2.14 bits per heavy atom. The highest BCUT2D eigenvalue weighted by Gasteiger charge is 1.95. The molecule has 0 aliphatic rings. The van der Waals surface area contributed by atoms with Gasteiger partial charge in [-0.1, -0.05) is 55.0 Å². The van der Waals surface area contributed by atoms with Crippen molar-refractivity contribution < 1.29 is 0 Å². The molecule has 0 nitrogen and oxygen atoms in total. The molecule has 0 aliphatic carbocycles. The van der Waals surface area contributed by atoms with Crippen LogP contribution >= 0.6 is 0 Å². The maximum atomic E-state index is 2.22. The number of hydrogen-bond donors (Lipinski definition) is 0. The van der Waals surface area contributed by atoms with Crippen LogP contribution in [0.3, 0.4) is 0 Å². The van der Waals surface area contributed by atoms with E-state index in [0.29, 0.717) is 0 Å². The first-order valence-electron chi connectivity index (χ1n) is 5.17. The predicted octanol–water partition coefficient (Wildman–Crippen LogP) is 4.36. The quantitative estimate of drug-likeness (QED) is 0.615. The smallest absolute Gasteiger partial charge is 0.0185 e. The number of benzene rings is 1. The molecule has 0 unspecified atom stereocenters. The van der Waals surface area contributed by atoms with Gasteiger partial charge in [-0.25, -0.2) is 0 Å². The molecule has 0 heteroatoms. The summed E-state index contributed by atoms with van der Waals surface area (Å²) in [6, 6.07) is 8.60. The third-order valence-electron chi connectivity index (χ3n) is 2.20. The highest BCUT2D eigenvalue weighted by molar-refractivity contribution is 5.73. The fourth-order valence-electron chi connectivity index (χ4n) is 1.43. The zero-order chi connectivity index (χ0) is 10.4. The molecule has 0 radical (unpaired) electrons. The average molecular weight is 186 g/mol. The highest BCUT2D eigenvalue weighted by atomic mass is 14.0. The largest absolute Gasteiger partial charge is 0.0842 e. The molecule has 14 heavy (non-hydrogen) atoms. The molecule has 0 atom stereocenters. The zero-order valence-corrected chi connectivity index (χ0v) is 9.25. The van der Waals surface area contributed by atoms with Crippen molar-refractivity contribution in [1.82, 2.24) is 0 Å². The van der Waals surface area contributed by atoms with Gasteiger partial charge in [0.15, 0.2) is 0 Å². The van der Waals surface area contributed by atoms with Gasteiger partial charge in [0.1, 0.15) is 0 Å². The van der Waals surface area contributed by atoms with Crippen molar-refractivity contribution in [2.24, 2.45) is 0 Å². The SMILES string of the molecule is C/C=C(\C=C/CC)c1cccc(C)c1. The van der Waals surface area contributed by atoms with Crippen LogP contribution in [0, 0.1) is 6.92 Å². The Morgan fingerprint density at radius 3 is 2.71 bits per heavy atom. The summed E-state index contributed by atoms with van der Waals surface area (Å²) in [5.74, 6) is 0. The minimum Gasteiger partial charge on any atom is -0.0842 e. The van der Waals surface area contributed by atoms with Gasteiger partial charge in [-0.3, -0.25) is 0 Å². The van der Waals surface area contributed by atoms with Crippen LogP contribution in [0.4, 0.5) is 0 Å². The van der Waals surface area contributed by atoms with E-state index < -0.39 is 0 Å². The fourth-order valence-corrected chi connectivity index (χ4v) is 1.43. The van der Waals surface area contributed by atoms with E-state index in [1.165, 1.54) is 16.7 Å². The van der Waals surface area contributed by atoms with Crippen molar-refractivity contribution >= 4 is 5.57 Å². The summed E-state index contributed by atoms with van der Waals surface area (Å²) < 4.78 is 0. The predicted molar refractivity (Wildman–Crippen MR) is 64.3 cm³/mol. The lowest BCUT2D eigenvalue weighted by Gasteiger charge is -2.02. The molecule has 0 fully saturated rings. The van der Waals surface area contributed by atoms with Crippen LogP contribution in [0.5, 0.6) is 0 Å². The summed E-state index contributed by atoms with van der Waals surface area (Å²) in [6.07, 6.45) is 7.62. The van der Waals surface area contributed by atoms with Gasteiger partial charge in [0.05, 0.1) is 0 Å². The molecular formula is C14H18. The molecule has 1 rings (SSSR count). The van der Waals surface area contributed by atoms with Gasteiger partial charge < -0.3 is 0 Å². The number of rotatable bonds is 3. The van der Waals surface area contributed by atoms with E-state index in [0.717, 1.165) is 6.42 Å². The molecule has 0 saturated heterocycles. The topological polar surface area (TPSA) is 0 Å². The van der Waals surface area contributed by atoms with Gasteiger partial charge in [-0.2, -0.15) is 0 Å². The molecule has 0 spiro atoms. The molecule has 0 bridgehead atoms. The van der Waals surface area contributed by atoms with Gasteiger partial charge in [0.25, 0.3) is 0 Å². The number of hydrogen-bond acceptors (Lipinski definition) is 0. The highest BCUT2D eigenvalue weighted by Crippen LogP contribution is 2.17. The van der Waals surface area contributed by atoms with E-state index in [4.69, 9.17) is 0 Å². The van der Waals surface area contributed by atoms with Gasteiger partial charge >= 0.3 is 0 Å². The third-order valence-corrected chi connectivity index (χ3v) is 2.20. The fraction of sp³-hybridized carbons (Fsp3) is 0.286. The Labute approximate surface area is 87.0 Å². The maximum absolute atomic E-state index is 2.22. The van der Waals surface area contributed by atoms with Gasteiger partial charge in [0.2, 0.25) is 0 Å². The van der Waals surface area contributed by atoms with Crippen LogP contribution in [0.2, 0.25) is 0 Å². The molecule has 0 saturated carbocycles.